The fourth-order valence-electron chi connectivity index (χ4n) is 2.40. The monoisotopic (exact) mass is 312 g/mol. The van der Waals surface area contributed by atoms with Crippen molar-refractivity contribution in [3.8, 4) is 0 Å². The summed E-state index contributed by atoms with van der Waals surface area (Å²) in [5, 5.41) is 3.00. The molecular weight excluding hydrogens is 288 g/mol. The van der Waals surface area contributed by atoms with E-state index in [1.165, 1.54) is 5.56 Å². The number of rotatable bonds is 6. The van der Waals surface area contributed by atoms with Gasteiger partial charge in [0, 0.05) is 19.8 Å². The van der Waals surface area contributed by atoms with Gasteiger partial charge in [-0.1, -0.05) is 36.4 Å². The molecule has 1 aromatic heterocycles. The van der Waals surface area contributed by atoms with Gasteiger partial charge in [0.2, 0.25) is 0 Å². The third kappa shape index (κ3) is 5.07. The molecule has 0 spiro atoms. The molecule has 0 aliphatic rings. The molecule has 0 bridgehead atoms. The lowest BCUT2D eigenvalue weighted by Crippen LogP contribution is -2.41. The van der Waals surface area contributed by atoms with Gasteiger partial charge in [-0.15, -0.1) is 0 Å². The number of likely N-dealkylation sites (N-methyl/N-ethyl adjacent to an activating group) is 1. The maximum atomic E-state index is 12.3. The van der Waals surface area contributed by atoms with E-state index >= 15 is 0 Å². The highest BCUT2D eigenvalue weighted by Gasteiger charge is 2.16. The normalized spacial score (nSPS) is 12.0. The van der Waals surface area contributed by atoms with Crippen molar-refractivity contribution >= 4 is 6.03 Å². The molecule has 122 valence electrons. The Balaban J connectivity index is 1.91. The van der Waals surface area contributed by atoms with Gasteiger partial charge in [0.25, 0.3) is 0 Å². The largest absolute Gasteiger partial charge is 0.336 e. The summed E-state index contributed by atoms with van der Waals surface area (Å²) < 4.78 is 0. The lowest BCUT2D eigenvalue weighted by Gasteiger charge is -2.26. The number of hydrogen-bond donors (Lipinski definition) is 1. The standard InChI is InChI=1S/C18H24N4O/c1-21(2)17(15-9-5-4-6-10-15)13-20-18(23)22(3)14-16-11-7-8-12-19-16/h4-12,17H,13-14H2,1-3H3,(H,20,23). The molecule has 0 aliphatic carbocycles. The van der Waals surface area contributed by atoms with Gasteiger partial charge in [-0.25, -0.2) is 4.79 Å². The first-order valence-electron chi connectivity index (χ1n) is 7.68. The van der Waals surface area contributed by atoms with Crippen molar-refractivity contribution in [1.29, 1.82) is 0 Å². The Hall–Kier alpha value is -2.40. The van der Waals surface area contributed by atoms with Gasteiger partial charge in [-0.3, -0.25) is 4.98 Å². The highest BCUT2D eigenvalue weighted by molar-refractivity contribution is 5.73. The van der Waals surface area contributed by atoms with E-state index in [1.54, 1.807) is 18.1 Å². The Morgan fingerprint density at radius 3 is 2.39 bits per heavy atom. The number of nitrogens with zero attached hydrogens (tertiary/aromatic N) is 3. The van der Waals surface area contributed by atoms with Crippen LogP contribution in [0.3, 0.4) is 0 Å². The number of carbonyl (C=O) groups excluding carboxylic acids is 1. The number of urea groups is 1. The van der Waals surface area contributed by atoms with Crippen LogP contribution in [0.1, 0.15) is 17.3 Å². The van der Waals surface area contributed by atoms with Gasteiger partial charge in [0.1, 0.15) is 0 Å². The van der Waals surface area contributed by atoms with Crippen LogP contribution in [0, 0.1) is 0 Å². The molecule has 1 N–H and O–H groups in total. The van der Waals surface area contributed by atoms with Crippen LogP contribution in [0.2, 0.25) is 0 Å². The first-order valence-corrected chi connectivity index (χ1v) is 7.68. The van der Waals surface area contributed by atoms with Gasteiger partial charge in [0.05, 0.1) is 18.3 Å². The molecule has 5 nitrogen and oxygen atoms in total. The Morgan fingerprint density at radius 2 is 1.78 bits per heavy atom. The van der Waals surface area contributed by atoms with Crippen molar-refractivity contribution in [3.63, 3.8) is 0 Å². The molecule has 0 aliphatic heterocycles. The van der Waals surface area contributed by atoms with Crippen LogP contribution in [0.4, 0.5) is 4.79 Å². The zero-order valence-electron chi connectivity index (χ0n) is 13.9. The van der Waals surface area contributed by atoms with Crippen molar-refractivity contribution in [2.45, 2.75) is 12.6 Å². The topological polar surface area (TPSA) is 48.5 Å². The van der Waals surface area contributed by atoms with Gasteiger partial charge in [-0.05, 0) is 31.8 Å². The Bertz CT molecular complexity index is 601. The third-order valence-corrected chi connectivity index (χ3v) is 3.73. The van der Waals surface area contributed by atoms with Crippen molar-refractivity contribution in [2.24, 2.45) is 0 Å². The molecule has 2 amide bonds. The second-order valence-corrected chi connectivity index (χ2v) is 5.75. The highest BCUT2D eigenvalue weighted by Crippen LogP contribution is 2.16. The molecule has 1 unspecified atom stereocenters. The summed E-state index contributed by atoms with van der Waals surface area (Å²) >= 11 is 0. The molecule has 1 atom stereocenters. The summed E-state index contributed by atoms with van der Waals surface area (Å²) in [6.45, 7) is 1.05. The van der Waals surface area contributed by atoms with Crippen LogP contribution < -0.4 is 5.32 Å². The van der Waals surface area contributed by atoms with Gasteiger partial charge >= 0.3 is 6.03 Å². The van der Waals surface area contributed by atoms with E-state index in [2.05, 4.69) is 27.3 Å². The molecule has 5 heteroatoms. The fraction of sp³-hybridized carbons (Fsp3) is 0.333. The minimum atomic E-state index is -0.0987. The van der Waals surface area contributed by atoms with Crippen molar-refractivity contribution in [2.75, 3.05) is 27.7 Å². The molecule has 0 saturated carbocycles. The Morgan fingerprint density at radius 1 is 1.09 bits per heavy atom. The van der Waals surface area contributed by atoms with E-state index in [1.807, 2.05) is 50.5 Å². The smallest absolute Gasteiger partial charge is 0.317 e. The summed E-state index contributed by atoms with van der Waals surface area (Å²) in [5.74, 6) is 0. The maximum Gasteiger partial charge on any atom is 0.317 e. The minimum Gasteiger partial charge on any atom is -0.336 e. The van der Waals surface area contributed by atoms with Crippen LogP contribution in [-0.2, 0) is 6.54 Å². The molecule has 0 radical (unpaired) electrons. The van der Waals surface area contributed by atoms with Crippen LogP contribution >= 0.6 is 0 Å². The average Bonchev–Trinajstić information content (AvgIpc) is 2.56. The predicted octanol–water partition coefficient (Wildman–Crippen LogP) is 2.53. The van der Waals surface area contributed by atoms with E-state index in [9.17, 15) is 4.79 Å². The Kier molecular flexibility index (Phi) is 6.11. The quantitative estimate of drug-likeness (QED) is 0.891. The molecule has 0 saturated heterocycles. The molecule has 1 heterocycles. The molecule has 1 aromatic carbocycles. The lowest BCUT2D eigenvalue weighted by atomic mass is 10.1. The van der Waals surface area contributed by atoms with E-state index in [0.29, 0.717) is 13.1 Å². The number of aromatic nitrogens is 1. The van der Waals surface area contributed by atoms with Gasteiger partial charge < -0.3 is 15.1 Å². The number of carbonyl (C=O) groups is 1. The second-order valence-electron chi connectivity index (χ2n) is 5.75. The number of hydrogen-bond acceptors (Lipinski definition) is 3. The predicted molar refractivity (Wildman–Crippen MR) is 92.0 cm³/mol. The van der Waals surface area contributed by atoms with Crippen molar-refractivity contribution in [3.05, 3.63) is 66.0 Å². The summed E-state index contributed by atoms with van der Waals surface area (Å²) in [6, 6.07) is 15.9. The zero-order valence-corrected chi connectivity index (χ0v) is 13.9. The fourth-order valence-corrected chi connectivity index (χ4v) is 2.40. The van der Waals surface area contributed by atoms with Crippen LogP contribution in [0.5, 0.6) is 0 Å². The molecule has 0 fully saturated rings. The first-order chi connectivity index (χ1) is 11.1. The number of benzene rings is 1. The van der Waals surface area contributed by atoms with Gasteiger partial charge in [-0.2, -0.15) is 0 Å². The van der Waals surface area contributed by atoms with E-state index in [-0.39, 0.29) is 12.1 Å². The SMILES string of the molecule is CN(Cc1ccccn1)C(=O)NCC(c1ccccc1)N(C)C. The molecule has 2 rings (SSSR count). The van der Waals surface area contributed by atoms with Crippen molar-refractivity contribution < 1.29 is 4.79 Å². The van der Waals surface area contributed by atoms with E-state index in [4.69, 9.17) is 0 Å². The molecular formula is C18H24N4O. The number of nitrogens with one attached hydrogen (secondary N) is 1. The molecule has 2 aromatic rings. The maximum absolute atomic E-state index is 12.3. The number of pyridine rings is 1. The summed E-state index contributed by atoms with van der Waals surface area (Å²) in [6.07, 6.45) is 1.73. The highest BCUT2D eigenvalue weighted by atomic mass is 16.2. The van der Waals surface area contributed by atoms with Crippen LogP contribution in [0.25, 0.3) is 0 Å². The third-order valence-electron chi connectivity index (χ3n) is 3.73. The van der Waals surface area contributed by atoms with Crippen LogP contribution in [-0.4, -0.2) is 48.5 Å². The van der Waals surface area contributed by atoms with Crippen LogP contribution in [0.15, 0.2) is 54.7 Å². The lowest BCUT2D eigenvalue weighted by molar-refractivity contribution is 0.200. The zero-order chi connectivity index (χ0) is 16.7. The molecule has 23 heavy (non-hydrogen) atoms. The van der Waals surface area contributed by atoms with Gasteiger partial charge in [0.15, 0.2) is 0 Å². The summed E-state index contributed by atoms with van der Waals surface area (Å²) in [4.78, 5) is 20.3. The Labute approximate surface area is 137 Å². The van der Waals surface area contributed by atoms with E-state index in [0.717, 1.165) is 5.69 Å². The van der Waals surface area contributed by atoms with E-state index < -0.39 is 0 Å². The van der Waals surface area contributed by atoms with Crippen molar-refractivity contribution in [1.82, 2.24) is 20.1 Å². The summed E-state index contributed by atoms with van der Waals surface area (Å²) in [7, 11) is 5.81. The number of amides is 2. The minimum absolute atomic E-state index is 0.0987. The second kappa shape index (κ2) is 8.29. The summed E-state index contributed by atoms with van der Waals surface area (Å²) in [5.41, 5.74) is 2.06. The first kappa shape index (κ1) is 17.0. The average molecular weight is 312 g/mol.